The summed E-state index contributed by atoms with van der Waals surface area (Å²) in [6.07, 6.45) is 4.20. The maximum absolute atomic E-state index is 13.2. The van der Waals surface area contributed by atoms with Crippen LogP contribution < -0.4 is 14.8 Å². The molecule has 0 unspecified atom stereocenters. The lowest BCUT2D eigenvalue weighted by Gasteiger charge is -2.34. The van der Waals surface area contributed by atoms with Crippen molar-refractivity contribution in [3.63, 3.8) is 0 Å². The summed E-state index contributed by atoms with van der Waals surface area (Å²) >= 11 is 0. The van der Waals surface area contributed by atoms with Gasteiger partial charge in [-0.1, -0.05) is 24.3 Å². The normalized spacial score (nSPS) is 21.8. The van der Waals surface area contributed by atoms with E-state index >= 15 is 0 Å². The summed E-state index contributed by atoms with van der Waals surface area (Å²) in [5.74, 6) is 0.337. The molecule has 0 saturated heterocycles. The van der Waals surface area contributed by atoms with Crippen LogP contribution in [0.2, 0.25) is 0 Å². The molecule has 1 amide bonds. The highest BCUT2D eigenvalue weighted by Crippen LogP contribution is 2.47. The zero-order valence-electron chi connectivity index (χ0n) is 17.5. The monoisotopic (exact) mass is 442 g/mol. The van der Waals surface area contributed by atoms with Gasteiger partial charge in [-0.2, -0.15) is 4.31 Å². The molecule has 1 N–H and O–H groups in total. The van der Waals surface area contributed by atoms with Crippen molar-refractivity contribution in [2.24, 2.45) is 0 Å². The van der Waals surface area contributed by atoms with Crippen LogP contribution in [0, 0.1) is 0 Å². The zero-order chi connectivity index (χ0) is 21.6. The molecule has 1 aliphatic carbocycles. The van der Waals surface area contributed by atoms with Gasteiger partial charge in [0.15, 0.2) is 11.5 Å². The van der Waals surface area contributed by atoms with E-state index in [2.05, 4.69) is 5.32 Å². The van der Waals surface area contributed by atoms with Crippen molar-refractivity contribution in [1.29, 1.82) is 0 Å². The van der Waals surface area contributed by atoms with Crippen molar-refractivity contribution in [3.05, 3.63) is 53.6 Å². The fraction of sp³-hybridized carbons (Fsp3) is 0.435. The molecule has 2 aromatic rings. The quantitative estimate of drug-likeness (QED) is 0.784. The lowest BCUT2D eigenvalue weighted by atomic mass is 9.95. The number of hydrogen-bond donors (Lipinski definition) is 1. The molecule has 1 atom stereocenters. The SMILES string of the molecule is CCS(=O)(=O)N1Cc2ccccc2C[C@@H]1C(=O)Nc1ccc2c(c1)OC1(CCCC1)O2. The molecular weight excluding hydrogens is 416 g/mol. The minimum atomic E-state index is -3.55. The van der Waals surface area contributed by atoms with Gasteiger partial charge in [0.1, 0.15) is 6.04 Å². The van der Waals surface area contributed by atoms with Crippen molar-refractivity contribution in [3.8, 4) is 11.5 Å². The van der Waals surface area contributed by atoms with E-state index in [1.807, 2.05) is 24.3 Å². The molecule has 2 aromatic carbocycles. The summed E-state index contributed by atoms with van der Waals surface area (Å²) in [5.41, 5.74) is 2.50. The zero-order valence-corrected chi connectivity index (χ0v) is 18.3. The second kappa shape index (κ2) is 7.53. The second-order valence-corrected chi connectivity index (χ2v) is 10.6. The first-order valence-corrected chi connectivity index (χ1v) is 12.4. The van der Waals surface area contributed by atoms with Gasteiger partial charge in [-0.05, 0) is 49.4 Å². The Morgan fingerprint density at radius 1 is 1.10 bits per heavy atom. The summed E-state index contributed by atoms with van der Waals surface area (Å²) in [6, 6.07) is 12.2. The lowest BCUT2D eigenvalue weighted by molar-refractivity contribution is -0.120. The lowest BCUT2D eigenvalue weighted by Crippen LogP contribution is -2.51. The third kappa shape index (κ3) is 3.68. The Balaban J connectivity index is 1.38. The van der Waals surface area contributed by atoms with E-state index < -0.39 is 21.9 Å². The summed E-state index contributed by atoms with van der Waals surface area (Å²) in [7, 11) is -3.55. The summed E-state index contributed by atoms with van der Waals surface area (Å²) in [4.78, 5) is 13.2. The number of nitrogens with zero attached hydrogens (tertiary/aromatic N) is 1. The van der Waals surface area contributed by atoms with Crippen molar-refractivity contribution in [2.75, 3.05) is 11.1 Å². The minimum Gasteiger partial charge on any atom is -0.448 e. The van der Waals surface area contributed by atoms with Gasteiger partial charge >= 0.3 is 0 Å². The third-order valence-corrected chi connectivity index (χ3v) is 8.23. The van der Waals surface area contributed by atoms with Crippen LogP contribution in [0.4, 0.5) is 5.69 Å². The van der Waals surface area contributed by atoms with Crippen LogP contribution in [-0.2, 0) is 27.8 Å². The van der Waals surface area contributed by atoms with E-state index in [1.54, 1.807) is 25.1 Å². The maximum Gasteiger partial charge on any atom is 0.251 e. The van der Waals surface area contributed by atoms with Crippen LogP contribution in [0.25, 0.3) is 0 Å². The predicted octanol–water partition coefficient (Wildman–Crippen LogP) is 3.44. The molecule has 8 heteroatoms. The molecule has 3 aliphatic rings. The van der Waals surface area contributed by atoms with Gasteiger partial charge in [0.05, 0.1) is 5.75 Å². The summed E-state index contributed by atoms with van der Waals surface area (Å²) < 4.78 is 38.9. The number of sulfonamides is 1. The number of fused-ring (bicyclic) bond motifs is 2. The average molecular weight is 443 g/mol. The average Bonchev–Trinajstić information content (AvgIpc) is 3.38. The van der Waals surface area contributed by atoms with Crippen molar-refractivity contribution in [2.45, 2.75) is 57.4 Å². The first-order chi connectivity index (χ1) is 14.9. The van der Waals surface area contributed by atoms with E-state index in [1.165, 1.54) is 4.31 Å². The van der Waals surface area contributed by atoms with Crippen molar-refractivity contribution >= 4 is 21.6 Å². The fourth-order valence-electron chi connectivity index (χ4n) is 4.70. The number of rotatable bonds is 4. The molecule has 2 heterocycles. The highest BCUT2D eigenvalue weighted by atomic mass is 32.2. The molecular formula is C23H26N2O5S. The van der Waals surface area contributed by atoms with Crippen LogP contribution >= 0.6 is 0 Å². The van der Waals surface area contributed by atoms with E-state index in [0.29, 0.717) is 23.6 Å². The number of hydrogen-bond acceptors (Lipinski definition) is 5. The molecule has 1 spiro atoms. The first kappa shape index (κ1) is 20.3. The van der Waals surface area contributed by atoms with Crippen molar-refractivity contribution in [1.82, 2.24) is 4.31 Å². The maximum atomic E-state index is 13.2. The highest BCUT2D eigenvalue weighted by molar-refractivity contribution is 7.89. The van der Waals surface area contributed by atoms with Gasteiger partial charge in [-0.25, -0.2) is 8.42 Å². The Hall–Kier alpha value is -2.58. The molecule has 2 aliphatic heterocycles. The highest BCUT2D eigenvalue weighted by Gasteiger charge is 2.44. The summed E-state index contributed by atoms with van der Waals surface area (Å²) in [6.45, 7) is 1.80. The molecule has 5 rings (SSSR count). The predicted molar refractivity (Wildman–Crippen MR) is 116 cm³/mol. The topological polar surface area (TPSA) is 84.9 Å². The van der Waals surface area contributed by atoms with Gasteiger partial charge < -0.3 is 14.8 Å². The molecule has 31 heavy (non-hydrogen) atoms. The molecule has 7 nitrogen and oxygen atoms in total. The largest absolute Gasteiger partial charge is 0.448 e. The van der Waals surface area contributed by atoms with Crippen LogP contribution in [-0.4, -0.2) is 36.2 Å². The van der Waals surface area contributed by atoms with Crippen LogP contribution in [0.3, 0.4) is 0 Å². The second-order valence-electron chi connectivity index (χ2n) is 8.41. The summed E-state index contributed by atoms with van der Waals surface area (Å²) in [5, 5.41) is 2.90. The fourth-order valence-corrected chi connectivity index (χ4v) is 5.92. The van der Waals surface area contributed by atoms with Gasteiger partial charge in [0, 0.05) is 31.1 Å². The number of benzene rings is 2. The van der Waals surface area contributed by atoms with Gasteiger partial charge in [-0.3, -0.25) is 4.79 Å². The van der Waals surface area contributed by atoms with Crippen LogP contribution in [0.5, 0.6) is 11.5 Å². The van der Waals surface area contributed by atoms with Gasteiger partial charge in [-0.15, -0.1) is 0 Å². The van der Waals surface area contributed by atoms with E-state index in [-0.39, 0.29) is 18.2 Å². The third-order valence-electron chi connectivity index (χ3n) is 6.40. The number of anilines is 1. The Bertz CT molecular complexity index is 1120. The van der Waals surface area contributed by atoms with Crippen LogP contribution in [0.15, 0.2) is 42.5 Å². The molecule has 0 radical (unpaired) electrons. The van der Waals surface area contributed by atoms with Gasteiger partial charge in [0.2, 0.25) is 15.9 Å². The number of carbonyl (C=O) groups is 1. The molecule has 1 saturated carbocycles. The van der Waals surface area contributed by atoms with E-state index in [0.717, 1.165) is 36.8 Å². The number of amides is 1. The smallest absolute Gasteiger partial charge is 0.251 e. The molecule has 1 fully saturated rings. The number of nitrogens with one attached hydrogen (secondary N) is 1. The molecule has 164 valence electrons. The number of ether oxygens (including phenoxy) is 2. The van der Waals surface area contributed by atoms with Crippen molar-refractivity contribution < 1.29 is 22.7 Å². The molecule has 0 aromatic heterocycles. The Labute approximate surface area is 182 Å². The minimum absolute atomic E-state index is 0.0505. The van der Waals surface area contributed by atoms with Gasteiger partial charge in [0.25, 0.3) is 5.79 Å². The van der Waals surface area contributed by atoms with E-state index in [4.69, 9.17) is 9.47 Å². The number of carbonyl (C=O) groups excluding carboxylic acids is 1. The van der Waals surface area contributed by atoms with Crippen LogP contribution in [0.1, 0.15) is 43.7 Å². The Kier molecular flexibility index (Phi) is 4.94. The molecule has 0 bridgehead atoms. The van der Waals surface area contributed by atoms with E-state index in [9.17, 15) is 13.2 Å². The standard InChI is InChI=1S/C23H26N2O5S/c1-2-31(27,28)25-15-17-8-4-3-7-16(17)13-19(25)22(26)24-18-9-10-20-21(14-18)30-23(29-20)11-5-6-12-23/h3-4,7-10,14,19H,2,5-6,11-13,15H2,1H3,(H,24,26)/t19-/m1/s1. The Morgan fingerprint density at radius 2 is 1.81 bits per heavy atom. The Morgan fingerprint density at radius 3 is 2.55 bits per heavy atom. The first-order valence-electron chi connectivity index (χ1n) is 10.8.